The molecule has 1 aromatic heterocycles. The van der Waals surface area contributed by atoms with Gasteiger partial charge in [0.15, 0.2) is 5.11 Å². The van der Waals surface area contributed by atoms with E-state index in [1.165, 1.54) is 30.3 Å². The van der Waals surface area contributed by atoms with Gasteiger partial charge in [-0.2, -0.15) is 0 Å². The predicted octanol–water partition coefficient (Wildman–Crippen LogP) is 2.12. The molecule has 1 aliphatic rings. The summed E-state index contributed by atoms with van der Waals surface area (Å²) in [7, 11) is 0. The minimum Gasteiger partial charge on any atom is -0.478 e. The third-order valence-corrected chi connectivity index (χ3v) is 3.81. The fourth-order valence-corrected chi connectivity index (χ4v) is 2.60. The molecule has 0 atom stereocenters. The second-order valence-electron chi connectivity index (χ2n) is 5.26. The summed E-state index contributed by atoms with van der Waals surface area (Å²) in [5.74, 6) is -1.31. The van der Waals surface area contributed by atoms with Gasteiger partial charge in [0, 0.05) is 0 Å². The Morgan fingerprint density at radius 1 is 1.20 bits per heavy atom. The van der Waals surface area contributed by atoms with Crippen LogP contribution in [-0.2, 0) is 9.59 Å². The number of rotatable bonds is 3. The van der Waals surface area contributed by atoms with Crippen molar-refractivity contribution in [1.82, 2.24) is 5.32 Å². The van der Waals surface area contributed by atoms with Gasteiger partial charge in [-0.05, 0) is 61.6 Å². The summed E-state index contributed by atoms with van der Waals surface area (Å²) in [5, 5.41) is 11.3. The third kappa shape index (κ3) is 3.20. The molecule has 2 N–H and O–H groups in total. The number of thiocarbonyl (C=S) groups is 1. The van der Waals surface area contributed by atoms with Crippen LogP contribution in [0.3, 0.4) is 0 Å². The summed E-state index contributed by atoms with van der Waals surface area (Å²) < 4.78 is 5.37. The fourth-order valence-electron chi connectivity index (χ4n) is 2.32. The van der Waals surface area contributed by atoms with Gasteiger partial charge in [0.05, 0.1) is 11.3 Å². The van der Waals surface area contributed by atoms with Crippen LogP contribution in [0.2, 0.25) is 0 Å². The van der Waals surface area contributed by atoms with Gasteiger partial charge in [0.1, 0.15) is 17.1 Å². The normalized spacial score (nSPS) is 16.3. The quantitative estimate of drug-likeness (QED) is 0.496. The van der Waals surface area contributed by atoms with E-state index in [1.54, 1.807) is 19.1 Å². The molecule has 1 saturated heterocycles. The first-order valence-electron chi connectivity index (χ1n) is 7.18. The van der Waals surface area contributed by atoms with Crippen LogP contribution < -0.4 is 10.2 Å². The van der Waals surface area contributed by atoms with Crippen LogP contribution in [0.5, 0.6) is 0 Å². The summed E-state index contributed by atoms with van der Waals surface area (Å²) >= 11 is 5.08. The van der Waals surface area contributed by atoms with Crippen molar-refractivity contribution < 1.29 is 23.9 Å². The molecular weight excluding hydrogens is 344 g/mol. The molecule has 0 radical (unpaired) electrons. The summed E-state index contributed by atoms with van der Waals surface area (Å²) in [4.78, 5) is 36.9. The van der Waals surface area contributed by atoms with Gasteiger partial charge in [0.2, 0.25) is 0 Å². The average Bonchev–Trinajstić information content (AvgIpc) is 2.97. The summed E-state index contributed by atoms with van der Waals surface area (Å²) in [6.07, 6.45) is 1.34. The highest BCUT2D eigenvalue weighted by Gasteiger charge is 2.34. The van der Waals surface area contributed by atoms with Gasteiger partial charge >= 0.3 is 5.97 Å². The molecule has 2 amide bonds. The number of nitrogens with one attached hydrogen (secondary N) is 1. The predicted molar refractivity (Wildman–Crippen MR) is 93.1 cm³/mol. The first-order valence-corrected chi connectivity index (χ1v) is 7.59. The lowest BCUT2D eigenvalue weighted by atomic mass is 10.1. The first-order chi connectivity index (χ1) is 11.9. The number of carboxylic acids is 1. The summed E-state index contributed by atoms with van der Waals surface area (Å²) in [6.45, 7) is 1.75. The van der Waals surface area contributed by atoms with Crippen LogP contribution in [0.4, 0.5) is 5.69 Å². The van der Waals surface area contributed by atoms with Crippen molar-refractivity contribution in [3.05, 3.63) is 59.1 Å². The Kier molecular flexibility index (Phi) is 4.20. The molecule has 1 fully saturated rings. The van der Waals surface area contributed by atoms with Crippen LogP contribution in [0.1, 0.15) is 21.9 Å². The highest BCUT2D eigenvalue weighted by atomic mass is 32.1. The Morgan fingerprint density at radius 2 is 1.88 bits per heavy atom. The number of carbonyl (C=O) groups is 3. The molecule has 1 aromatic carbocycles. The van der Waals surface area contributed by atoms with E-state index in [0.29, 0.717) is 17.2 Å². The molecule has 0 spiro atoms. The standard InChI is InChI=1S/C17H12N2O5S/c1-9-2-7-12(24-9)8-13-14(20)18-17(25)19(15(13)21)11-5-3-10(4-6-11)16(22)23/h2-8H,1H3,(H,22,23)(H,18,20,25)/b13-8+. The molecule has 0 aliphatic carbocycles. The zero-order valence-electron chi connectivity index (χ0n) is 13.0. The van der Waals surface area contributed by atoms with Crippen LogP contribution in [0.15, 0.2) is 46.4 Å². The number of aromatic carboxylic acids is 1. The number of amides is 2. The monoisotopic (exact) mass is 356 g/mol. The Labute approximate surface area is 147 Å². The molecule has 1 aliphatic heterocycles. The van der Waals surface area contributed by atoms with Gasteiger partial charge < -0.3 is 9.52 Å². The Morgan fingerprint density at radius 3 is 2.44 bits per heavy atom. The third-order valence-electron chi connectivity index (χ3n) is 3.52. The Hall–Kier alpha value is -3.26. The zero-order chi connectivity index (χ0) is 18.1. The number of hydrogen-bond donors (Lipinski definition) is 2. The molecule has 126 valence electrons. The number of aryl methyl sites for hydroxylation is 1. The zero-order valence-corrected chi connectivity index (χ0v) is 13.8. The first kappa shape index (κ1) is 16.6. The van der Waals surface area contributed by atoms with Crippen molar-refractivity contribution in [1.29, 1.82) is 0 Å². The Bertz CT molecular complexity index is 927. The maximum Gasteiger partial charge on any atom is 0.335 e. The van der Waals surface area contributed by atoms with Gasteiger partial charge in [-0.15, -0.1) is 0 Å². The molecule has 0 bridgehead atoms. The number of carboxylic acid groups (broad SMARTS) is 1. The van der Waals surface area contributed by atoms with E-state index in [0.717, 1.165) is 4.90 Å². The number of nitrogens with zero attached hydrogens (tertiary/aromatic N) is 1. The molecule has 3 rings (SSSR count). The Balaban J connectivity index is 1.98. The SMILES string of the molecule is Cc1ccc(/C=C2\C(=O)NC(=S)N(c3ccc(C(=O)O)cc3)C2=O)o1. The van der Waals surface area contributed by atoms with Crippen LogP contribution in [0.25, 0.3) is 6.08 Å². The highest BCUT2D eigenvalue weighted by Crippen LogP contribution is 2.23. The van der Waals surface area contributed by atoms with Gasteiger partial charge in [0.25, 0.3) is 11.8 Å². The second kappa shape index (κ2) is 6.33. The van der Waals surface area contributed by atoms with E-state index < -0.39 is 17.8 Å². The molecule has 2 heterocycles. The lowest BCUT2D eigenvalue weighted by Crippen LogP contribution is -2.54. The molecule has 0 unspecified atom stereocenters. The molecular formula is C17H12N2O5S. The van der Waals surface area contributed by atoms with Crippen molar-refractivity contribution in [2.24, 2.45) is 0 Å². The van der Waals surface area contributed by atoms with E-state index in [9.17, 15) is 14.4 Å². The fraction of sp³-hybridized carbons (Fsp3) is 0.0588. The van der Waals surface area contributed by atoms with Crippen LogP contribution in [0, 0.1) is 6.92 Å². The number of benzene rings is 1. The van der Waals surface area contributed by atoms with Gasteiger partial charge in [-0.1, -0.05) is 0 Å². The maximum atomic E-state index is 12.7. The van der Waals surface area contributed by atoms with Crippen molar-refractivity contribution >= 4 is 46.9 Å². The van der Waals surface area contributed by atoms with Gasteiger partial charge in [-0.3, -0.25) is 19.8 Å². The van der Waals surface area contributed by atoms with Crippen molar-refractivity contribution in [3.63, 3.8) is 0 Å². The minimum atomic E-state index is -1.08. The topological polar surface area (TPSA) is 99.9 Å². The summed E-state index contributed by atoms with van der Waals surface area (Å²) in [5.41, 5.74) is 0.289. The molecule has 8 heteroatoms. The van der Waals surface area contributed by atoms with Crippen LogP contribution >= 0.6 is 12.2 Å². The highest BCUT2D eigenvalue weighted by molar-refractivity contribution is 7.80. The lowest BCUT2D eigenvalue weighted by Gasteiger charge is -2.28. The largest absolute Gasteiger partial charge is 0.478 e. The number of anilines is 1. The van der Waals surface area contributed by atoms with Crippen molar-refractivity contribution in [2.45, 2.75) is 6.92 Å². The maximum absolute atomic E-state index is 12.7. The lowest BCUT2D eigenvalue weighted by molar-refractivity contribution is -0.122. The average molecular weight is 356 g/mol. The van der Waals surface area contributed by atoms with E-state index >= 15 is 0 Å². The van der Waals surface area contributed by atoms with Crippen molar-refractivity contribution in [3.8, 4) is 0 Å². The number of hydrogen-bond acceptors (Lipinski definition) is 5. The molecule has 0 saturated carbocycles. The van der Waals surface area contributed by atoms with E-state index in [4.69, 9.17) is 21.7 Å². The molecule has 7 nitrogen and oxygen atoms in total. The summed E-state index contributed by atoms with van der Waals surface area (Å²) in [6, 6.07) is 8.94. The van der Waals surface area contributed by atoms with E-state index in [2.05, 4.69) is 5.32 Å². The van der Waals surface area contributed by atoms with E-state index in [-0.39, 0.29) is 16.2 Å². The van der Waals surface area contributed by atoms with Crippen molar-refractivity contribution in [2.75, 3.05) is 4.90 Å². The molecule has 25 heavy (non-hydrogen) atoms. The van der Waals surface area contributed by atoms with E-state index in [1.807, 2.05) is 0 Å². The number of furan rings is 1. The van der Waals surface area contributed by atoms with Crippen LogP contribution in [-0.4, -0.2) is 28.0 Å². The van der Waals surface area contributed by atoms with Gasteiger partial charge in [-0.25, -0.2) is 4.79 Å². The second-order valence-corrected chi connectivity index (χ2v) is 5.64. The number of carbonyl (C=O) groups excluding carboxylic acids is 2. The minimum absolute atomic E-state index is 0.0741. The smallest absolute Gasteiger partial charge is 0.335 e. The molecule has 2 aromatic rings.